The number of hydrogen-bond acceptors (Lipinski definition) is 5. The largest absolute Gasteiger partial charge is 0.497 e. The average Bonchev–Trinajstić information content (AvgIpc) is 2.93. The van der Waals surface area contributed by atoms with Crippen molar-refractivity contribution in [3.05, 3.63) is 89.5 Å². The number of hydrogen-bond donors (Lipinski definition) is 1. The molecule has 0 unspecified atom stereocenters. The summed E-state index contributed by atoms with van der Waals surface area (Å²) >= 11 is 0. The van der Waals surface area contributed by atoms with Crippen molar-refractivity contribution in [3.8, 4) is 5.75 Å². The first kappa shape index (κ1) is 29.7. The molecular weight excluding hydrogens is 514 g/mol. The predicted molar refractivity (Wildman–Crippen MR) is 153 cm³/mol. The third-order valence-corrected chi connectivity index (χ3v) is 8.40. The first-order chi connectivity index (χ1) is 18.6. The Bertz CT molecular complexity index is 1390. The van der Waals surface area contributed by atoms with Crippen molar-refractivity contribution in [2.75, 3.05) is 24.5 Å². The zero-order chi connectivity index (χ0) is 28.6. The number of carbonyl (C=O) groups is 2. The normalized spacial score (nSPS) is 11.9. The molecule has 0 bridgehead atoms. The van der Waals surface area contributed by atoms with Gasteiger partial charge in [-0.1, -0.05) is 43.3 Å². The van der Waals surface area contributed by atoms with Crippen LogP contribution in [0.15, 0.2) is 77.7 Å². The highest BCUT2D eigenvalue weighted by molar-refractivity contribution is 7.92. The average molecular weight is 552 g/mol. The summed E-state index contributed by atoms with van der Waals surface area (Å²) in [5, 5.41) is 2.81. The van der Waals surface area contributed by atoms with Crippen molar-refractivity contribution >= 4 is 27.5 Å². The van der Waals surface area contributed by atoms with E-state index < -0.39 is 28.5 Å². The Morgan fingerprint density at radius 2 is 1.64 bits per heavy atom. The van der Waals surface area contributed by atoms with Crippen LogP contribution in [0, 0.1) is 13.8 Å². The highest BCUT2D eigenvalue weighted by Gasteiger charge is 2.33. The molecule has 0 heterocycles. The minimum Gasteiger partial charge on any atom is -0.497 e. The molecule has 0 aliphatic carbocycles. The summed E-state index contributed by atoms with van der Waals surface area (Å²) in [4.78, 5) is 28.6. The summed E-state index contributed by atoms with van der Waals surface area (Å²) in [5.74, 6) is -0.164. The second-order valence-electron chi connectivity index (χ2n) is 9.29. The van der Waals surface area contributed by atoms with E-state index in [-0.39, 0.29) is 17.3 Å². The highest BCUT2D eigenvalue weighted by Crippen LogP contribution is 2.27. The summed E-state index contributed by atoms with van der Waals surface area (Å²) in [6, 6.07) is 19.8. The van der Waals surface area contributed by atoms with E-state index in [1.807, 2.05) is 45.9 Å². The SMILES string of the molecule is CCNC(=O)[C@@H](CC)N(Cc1cccc(OC)c1)C(=O)CN(c1ccc(C)c(C)c1)S(=O)(=O)c1ccccc1. The number of ether oxygens (including phenoxy) is 1. The molecule has 0 aromatic heterocycles. The molecule has 9 heteroatoms. The number of aryl methyl sites for hydroxylation is 2. The van der Waals surface area contributed by atoms with Gasteiger partial charge >= 0.3 is 0 Å². The lowest BCUT2D eigenvalue weighted by atomic mass is 10.1. The predicted octanol–water partition coefficient (Wildman–Crippen LogP) is 4.45. The first-order valence-corrected chi connectivity index (χ1v) is 14.4. The van der Waals surface area contributed by atoms with Crippen LogP contribution < -0.4 is 14.4 Å². The lowest BCUT2D eigenvalue weighted by Gasteiger charge is -2.33. The van der Waals surface area contributed by atoms with Crippen molar-refractivity contribution in [2.24, 2.45) is 0 Å². The summed E-state index contributed by atoms with van der Waals surface area (Å²) in [7, 11) is -2.54. The minimum absolute atomic E-state index is 0.0751. The number of likely N-dealkylation sites (N-methyl/N-ethyl adjacent to an activating group) is 1. The maximum absolute atomic E-state index is 14.0. The van der Waals surface area contributed by atoms with Gasteiger partial charge in [0, 0.05) is 13.1 Å². The quantitative estimate of drug-likeness (QED) is 0.359. The van der Waals surface area contributed by atoms with E-state index in [0.29, 0.717) is 24.4 Å². The summed E-state index contributed by atoms with van der Waals surface area (Å²) < 4.78 is 34.2. The van der Waals surface area contributed by atoms with Crippen LogP contribution in [0.1, 0.15) is 37.0 Å². The van der Waals surface area contributed by atoms with E-state index >= 15 is 0 Å². The highest BCUT2D eigenvalue weighted by atomic mass is 32.2. The molecule has 208 valence electrons. The number of rotatable bonds is 12. The molecule has 0 spiro atoms. The fraction of sp³-hybridized carbons (Fsp3) is 0.333. The van der Waals surface area contributed by atoms with Crippen molar-refractivity contribution in [2.45, 2.75) is 51.6 Å². The molecule has 0 aliphatic rings. The molecule has 0 fully saturated rings. The van der Waals surface area contributed by atoms with Gasteiger partial charge in [0.2, 0.25) is 11.8 Å². The molecule has 0 aliphatic heterocycles. The molecule has 2 amide bonds. The molecule has 3 aromatic carbocycles. The van der Waals surface area contributed by atoms with Gasteiger partial charge in [-0.15, -0.1) is 0 Å². The number of carbonyl (C=O) groups excluding carboxylic acids is 2. The number of anilines is 1. The number of sulfonamides is 1. The Labute approximate surface area is 231 Å². The zero-order valence-corrected chi connectivity index (χ0v) is 24.0. The molecule has 3 rings (SSSR count). The third kappa shape index (κ3) is 7.17. The summed E-state index contributed by atoms with van der Waals surface area (Å²) in [6.07, 6.45) is 0.358. The number of amides is 2. The van der Waals surface area contributed by atoms with Crippen LogP contribution in [0.2, 0.25) is 0 Å². The number of nitrogens with one attached hydrogen (secondary N) is 1. The first-order valence-electron chi connectivity index (χ1n) is 13.0. The molecule has 39 heavy (non-hydrogen) atoms. The minimum atomic E-state index is -4.09. The third-order valence-electron chi connectivity index (χ3n) is 6.61. The van der Waals surface area contributed by atoms with Crippen LogP contribution in [-0.4, -0.2) is 51.4 Å². The van der Waals surface area contributed by atoms with Gasteiger partial charge in [0.15, 0.2) is 0 Å². The van der Waals surface area contributed by atoms with E-state index in [1.165, 1.54) is 17.0 Å². The number of methoxy groups -OCH3 is 1. The molecule has 3 aromatic rings. The molecule has 1 N–H and O–H groups in total. The van der Waals surface area contributed by atoms with Crippen LogP contribution in [0.3, 0.4) is 0 Å². The van der Waals surface area contributed by atoms with Gasteiger partial charge in [-0.05, 0) is 80.3 Å². The monoisotopic (exact) mass is 551 g/mol. The topological polar surface area (TPSA) is 96.0 Å². The van der Waals surface area contributed by atoms with Gasteiger partial charge in [-0.3, -0.25) is 13.9 Å². The molecule has 8 nitrogen and oxygen atoms in total. The van der Waals surface area contributed by atoms with Crippen LogP contribution in [0.4, 0.5) is 5.69 Å². The molecule has 0 saturated heterocycles. The van der Waals surface area contributed by atoms with Gasteiger partial charge in [0.05, 0.1) is 17.7 Å². The van der Waals surface area contributed by atoms with E-state index in [4.69, 9.17) is 4.74 Å². The van der Waals surface area contributed by atoms with Crippen molar-refractivity contribution < 1.29 is 22.7 Å². The second-order valence-corrected chi connectivity index (χ2v) is 11.1. The Kier molecular flexibility index (Phi) is 10.1. The van der Waals surface area contributed by atoms with Crippen molar-refractivity contribution in [3.63, 3.8) is 0 Å². The molecule has 0 radical (unpaired) electrons. The van der Waals surface area contributed by atoms with Crippen molar-refractivity contribution in [1.82, 2.24) is 10.2 Å². The van der Waals surface area contributed by atoms with Gasteiger partial charge in [-0.2, -0.15) is 0 Å². The Morgan fingerprint density at radius 3 is 2.26 bits per heavy atom. The van der Waals surface area contributed by atoms with Gasteiger partial charge in [0.25, 0.3) is 10.0 Å². The lowest BCUT2D eigenvalue weighted by molar-refractivity contribution is -0.140. The Morgan fingerprint density at radius 1 is 0.923 bits per heavy atom. The lowest BCUT2D eigenvalue weighted by Crippen LogP contribution is -2.52. The smallest absolute Gasteiger partial charge is 0.264 e. The van der Waals surface area contributed by atoms with Crippen LogP contribution in [0.5, 0.6) is 5.75 Å². The fourth-order valence-corrected chi connectivity index (χ4v) is 5.74. The number of nitrogens with zero attached hydrogens (tertiary/aromatic N) is 2. The van der Waals surface area contributed by atoms with Crippen LogP contribution in [0.25, 0.3) is 0 Å². The van der Waals surface area contributed by atoms with E-state index in [0.717, 1.165) is 21.0 Å². The molecule has 1 atom stereocenters. The van der Waals surface area contributed by atoms with Gasteiger partial charge in [-0.25, -0.2) is 8.42 Å². The fourth-order valence-electron chi connectivity index (χ4n) is 4.31. The Balaban J connectivity index is 2.08. The standard InChI is InChI=1S/C30H37N3O5S/c1-6-28(30(35)31-7-2)32(20-24-12-11-13-26(19-24)38-5)29(34)21-33(25-17-16-22(3)23(4)18-25)39(36,37)27-14-9-8-10-15-27/h8-19,28H,6-7,20-21H2,1-5H3,(H,31,35)/t28-/m1/s1. The van der Waals surface area contributed by atoms with Crippen LogP contribution in [-0.2, 0) is 26.2 Å². The second kappa shape index (κ2) is 13.3. The van der Waals surface area contributed by atoms with E-state index in [9.17, 15) is 18.0 Å². The van der Waals surface area contributed by atoms with Gasteiger partial charge < -0.3 is 15.0 Å². The van der Waals surface area contributed by atoms with E-state index in [2.05, 4.69) is 5.32 Å². The summed E-state index contributed by atoms with van der Waals surface area (Å²) in [5.41, 5.74) is 3.04. The zero-order valence-electron chi connectivity index (χ0n) is 23.2. The van der Waals surface area contributed by atoms with Crippen molar-refractivity contribution in [1.29, 1.82) is 0 Å². The maximum atomic E-state index is 14.0. The molecule has 0 saturated carbocycles. The number of benzene rings is 3. The summed E-state index contributed by atoms with van der Waals surface area (Å²) in [6.45, 7) is 7.52. The molecular formula is C30H37N3O5S. The van der Waals surface area contributed by atoms with E-state index in [1.54, 1.807) is 49.6 Å². The van der Waals surface area contributed by atoms with Crippen LogP contribution >= 0.6 is 0 Å². The van der Waals surface area contributed by atoms with Gasteiger partial charge in [0.1, 0.15) is 18.3 Å². The maximum Gasteiger partial charge on any atom is 0.264 e. The Hall–Kier alpha value is -3.85.